The van der Waals surface area contributed by atoms with E-state index in [4.69, 9.17) is 4.74 Å². The van der Waals surface area contributed by atoms with E-state index in [1.54, 1.807) is 36.4 Å². The SMILES string of the molecule is Cc1cccc(NC(=O)/C(C#N)=C\c2ccc(OCc3cccc(F)c3)c(Br)c2)c1. The molecule has 6 heteroatoms. The Labute approximate surface area is 182 Å². The average molecular weight is 465 g/mol. The summed E-state index contributed by atoms with van der Waals surface area (Å²) in [4.78, 5) is 12.4. The summed E-state index contributed by atoms with van der Waals surface area (Å²) in [5.74, 6) is -0.228. The van der Waals surface area contributed by atoms with Gasteiger partial charge in [0.2, 0.25) is 0 Å². The van der Waals surface area contributed by atoms with Crippen LogP contribution in [-0.2, 0) is 11.4 Å². The summed E-state index contributed by atoms with van der Waals surface area (Å²) in [5.41, 5.74) is 3.00. The molecule has 3 rings (SSSR count). The van der Waals surface area contributed by atoms with E-state index < -0.39 is 5.91 Å². The summed E-state index contributed by atoms with van der Waals surface area (Å²) < 4.78 is 19.7. The van der Waals surface area contributed by atoms with Crippen LogP contribution in [0.1, 0.15) is 16.7 Å². The Balaban J connectivity index is 1.71. The average Bonchev–Trinajstić information content (AvgIpc) is 2.71. The monoisotopic (exact) mass is 464 g/mol. The fourth-order valence-electron chi connectivity index (χ4n) is 2.75. The van der Waals surface area contributed by atoms with Crippen molar-refractivity contribution in [2.75, 3.05) is 5.32 Å². The number of rotatable bonds is 6. The van der Waals surface area contributed by atoms with Gasteiger partial charge in [-0.05, 0) is 82.0 Å². The molecule has 1 amide bonds. The van der Waals surface area contributed by atoms with Crippen LogP contribution < -0.4 is 10.1 Å². The van der Waals surface area contributed by atoms with E-state index in [-0.39, 0.29) is 18.0 Å². The number of nitrogens with one attached hydrogen (secondary N) is 1. The van der Waals surface area contributed by atoms with Gasteiger partial charge in [-0.25, -0.2) is 4.39 Å². The number of anilines is 1. The number of hydrogen-bond acceptors (Lipinski definition) is 3. The Morgan fingerprint density at radius 1 is 1.17 bits per heavy atom. The van der Waals surface area contributed by atoms with Crippen LogP contribution in [0.2, 0.25) is 0 Å². The number of benzene rings is 3. The number of carbonyl (C=O) groups excluding carboxylic acids is 1. The zero-order chi connectivity index (χ0) is 21.5. The van der Waals surface area contributed by atoms with E-state index in [0.29, 0.717) is 27.0 Å². The normalized spacial score (nSPS) is 10.9. The molecule has 0 aliphatic heterocycles. The van der Waals surface area contributed by atoms with Crippen LogP contribution in [0.3, 0.4) is 0 Å². The summed E-state index contributed by atoms with van der Waals surface area (Å²) in [6.07, 6.45) is 1.51. The number of aryl methyl sites for hydroxylation is 1. The number of ether oxygens (including phenoxy) is 1. The fraction of sp³-hybridized carbons (Fsp3) is 0.0833. The van der Waals surface area contributed by atoms with Gasteiger partial charge in [-0.3, -0.25) is 4.79 Å². The second kappa shape index (κ2) is 9.86. The number of nitriles is 1. The van der Waals surface area contributed by atoms with Gasteiger partial charge in [0.05, 0.1) is 4.47 Å². The molecule has 0 spiro atoms. The molecule has 0 aromatic heterocycles. The summed E-state index contributed by atoms with van der Waals surface area (Å²) in [5, 5.41) is 12.1. The summed E-state index contributed by atoms with van der Waals surface area (Å²) >= 11 is 3.43. The van der Waals surface area contributed by atoms with Crippen molar-refractivity contribution in [2.24, 2.45) is 0 Å². The standard InChI is InChI=1S/C24H18BrFN2O2/c1-16-4-2-7-21(10-16)28-24(29)19(14-27)11-17-8-9-23(22(25)13-17)30-15-18-5-3-6-20(26)12-18/h2-13H,15H2,1H3,(H,28,29)/b19-11-. The number of nitrogens with zero attached hydrogens (tertiary/aromatic N) is 1. The molecule has 0 saturated heterocycles. The molecule has 0 aliphatic carbocycles. The van der Waals surface area contributed by atoms with Gasteiger partial charge in [-0.2, -0.15) is 5.26 Å². The molecule has 0 saturated carbocycles. The van der Waals surface area contributed by atoms with Crippen molar-refractivity contribution in [2.45, 2.75) is 13.5 Å². The van der Waals surface area contributed by atoms with E-state index >= 15 is 0 Å². The van der Waals surface area contributed by atoms with E-state index in [1.165, 1.54) is 18.2 Å². The van der Waals surface area contributed by atoms with Gasteiger partial charge in [0.1, 0.15) is 29.8 Å². The van der Waals surface area contributed by atoms with Gasteiger partial charge in [-0.15, -0.1) is 0 Å². The fourth-order valence-corrected chi connectivity index (χ4v) is 3.26. The first kappa shape index (κ1) is 21.3. The van der Waals surface area contributed by atoms with Gasteiger partial charge in [0, 0.05) is 5.69 Å². The van der Waals surface area contributed by atoms with Gasteiger partial charge >= 0.3 is 0 Å². The molecule has 0 unspecified atom stereocenters. The minimum absolute atomic E-state index is 0.0168. The lowest BCUT2D eigenvalue weighted by Crippen LogP contribution is -2.13. The molecule has 1 N–H and O–H groups in total. The maximum Gasteiger partial charge on any atom is 0.266 e. The van der Waals surface area contributed by atoms with Crippen LogP contribution in [0.25, 0.3) is 6.08 Å². The van der Waals surface area contributed by atoms with Crippen molar-refractivity contribution in [3.8, 4) is 11.8 Å². The number of halogens is 2. The van der Waals surface area contributed by atoms with Crippen LogP contribution in [-0.4, -0.2) is 5.91 Å². The highest BCUT2D eigenvalue weighted by atomic mass is 79.9. The Hall–Kier alpha value is -3.43. The van der Waals surface area contributed by atoms with Crippen molar-refractivity contribution < 1.29 is 13.9 Å². The first-order valence-electron chi connectivity index (χ1n) is 9.11. The van der Waals surface area contributed by atoms with Crippen LogP contribution in [0.5, 0.6) is 5.75 Å². The molecular weight excluding hydrogens is 447 g/mol. The molecule has 3 aromatic rings. The van der Waals surface area contributed by atoms with Crippen molar-refractivity contribution in [3.05, 3.63) is 99.3 Å². The molecular formula is C24H18BrFN2O2. The topological polar surface area (TPSA) is 62.1 Å². The van der Waals surface area contributed by atoms with Gasteiger partial charge in [0.25, 0.3) is 5.91 Å². The molecule has 0 heterocycles. The second-order valence-corrected chi connectivity index (χ2v) is 7.46. The first-order valence-corrected chi connectivity index (χ1v) is 9.90. The quantitative estimate of drug-likeness (QED) is 0.358. The largest absolute Gasteiger partial charge is 0.488 e. The van der Waals surface area contributed by atoms with Crippen LogP contribution >= 0.6 is 15.9 Å². The lowest BCUT2D eigenvalue weighted by molar-refractivity contribution is -0.112. The highest BCUT2D eigenvalue weighted by Gasteiger charge is 2.11. The number of hydrogen-bond donors (Lipinski definition) is 1. The Morgan fingerprint density at radius 2 is 1.97 bits per heavy atom. The highest BCUT2D eigenvalue weighted by molar-refractivity contribution is 9.10. The maximum atomic E-state index is 13.3. The third kappa shape index (κ3) is 5.79. The predicted octanol–water partition coefficient (Wildman–Crippen LogP) is 6.02. The first-order chi connectivity index (χ1) is 14.4. The van der Waals surface area contributed by atoms with E-state index in [0.717, 1.165) is 5.56 Å². The molecule has 30 heavy (non-hydrogen) atoms. The molecule has 0 bridgehead atoms. The number of carbonyl (C=O) groups is 1. The Kier molecular flexibility index (Phi) is 6.99. The van der Waals surface area contributed by atoms with Crippen LogP contribution in [0.15, 0.2) is 76.8 Å². The third-order valence-electron chi connectivity index (χ3n) is 4.19. The second-order valence-electron chi connectivity index (χ2n) is 6.60. The van der Waals surface area contributed by atoms with Crippen molar-refractivity contribution >= 4 is 33.6 Å². The summed E-state index contributed by atoms with van der Waals surface area (Å²) in [7, 11) is 0. The zero-order valence-corrected chi connectivity index (χ0v) is 17.7. The predicted molar refractivity (Wildman–Crippen MR) is 118 cm³/mol. The molecule has 150 valence electrons. The van der Waals surface area contributed by atoms with E-state index in [1.807, 2.05) is 31.2 Å². The van der Waals surface area contributed by atoms with Crippen LogP contribution in [0, 0.1) is 24.1 Å². The van der Waals surface area contributed by atoms with Gasteiger partial charge < -0.3 is 10.1 Å². The minimum Gasteiger partial charge on any atom is -0.488 e. The Morgan fingerprint density at radius 3 is 2.67 bits per heavy atom. The van der Waals surface area contributed by atoms with Crippen molar-refractivity contribution in [1.82, 2.24) is 0 Å². The van der Waals surface area contributed by atoms with Gasteiger partial charge in [0.15, 0.2) is 0 Å². The van der Waals surface area contributed by atoms with Crippen molar-refractivity contribution in [1.29, 1.82) is 5.26 Å². The number of amides is 1. The molecule has 0 aliphatic rings. The van der Waals surface area contributed by atoms with E-state index in [2.05, 4.69) is 21.2 Å². The zero-order valence-electron chi connectivity index (χ0n) is 16.2. The molecule has 0 radical (unpaired) electrons. The maximum absolute atomic E-state index is 13.3. The summed E-state index contributed by atoms with van der Waals surface area (Å²) in [6, 6.07) is 20.7. The lowest BCUT2D eigenvalue weighted by atomic mass is 10.1. The lowest BCUT2D eigenvalue weighted by Gasteiger charge is -2.09. The van der Waals surface area contributed by atoms with Gasteiger partial charge in [-0.1, -0.05) is 30.3 Å². The third-order valence-corrected chi connectivity index (χ3v) is 4.81. The Bertz CT molecular complexity index is 1150. The molecule has 0 fully saturated rings. The van der Waals surface area contributed by atoms with E-state index in [9.17, 15) is 14.4 Å². The smallest absolute Gasteiger partial charge is 0.266 e. The van der Waals surface area contributed by atoms with Crippen LogP contribution in [0.4, 0.5) is 10.1 Å². The molecule has 4 nitrogen and oxygen atoms in total. The summed E-state index contributed by atoms with van der Waals surface area (Å²) in [6.45, 7) is 2.14. The molecule has 3 aromatic carbocycles. The molecule has 0 atom stereocenters. The highest BCUT2D eigenvalue weighted by Crippen LogP contribution is 2.28. The minimum atomic E-state index is -0.481. The van der Waals surface area contributed by atoms with Crippen molar-refractivity contribution in [3.63, 3.8) is 0 Å².